The monoisotopic (exact) mass is 599 g/mol. The largest absolute Gasteiger partial charge is 0.497 e. The lowest BCUT2D eigenvalue weighted by atomic mass is 9.73. The SMILES string of the molecule is COc1ccc2ncc(Cl)c([C@H](F)CCC3(C(=O)NO)CCN(CCSc4ccccc4C(F)(F)F)CC3)c2c1. The van der Waals surface area contributed by atoms with Crippen LogP contribution in [0.2, 0.25) is 5.02 Å². The maximum absolute atomic E-state index is 15.7. The third-order valence-electron chi connectivity index (χ3n) is 7.51. The van der Waals surface area contributed by atoms with Crippen molar-refractivity contribution in [1.82, 2.24) is 15.4 Å². The molecule has 4 rings (SSSR count). The van der Waals surface area contributed by atoms with Crippen LogP contribution < -0.4 is 10.2 Å². The average molecular weight is 600 g/mol. The molecule has 0 spiro atoms. The van der Waals surface area contributed by atoms with Crippen LogP contribution in [-0.2, 0) is 11.0 Å². The quantitative estimate of drug-likeness (QED) is 0.112. The smallest absolute Gasteiger partial charge is 0.417 e. The first kappa shape index (κ1) is 30.4. The highest BCUT2D eigenvalue weighted by Gasteiger charge is 2.42. The van der Waals surface area contributed by atoms with Gasteiger partial charge in [0.05, 0.1) is 28.6 Å². The van der Waals surface area contributed by atoms with Crippen molar-refractivity contribution in [1.29, 1.82) is 0 Å². The van der Waals surface area contributed by atoms with E-state index in [1.807, 2.05) is 0 Å². The lowest BCUT2D eigenvalue weighted by Gasteiger charge is -2.40. The number of ether oxygens (including phenoxy) is 1. The number of alkyl halides is 4. The predicted molar refractivity (Wildman–Crippen MR) is 147 cm³/mol. The summed E-state index contributed by atoms with van der Waals surface area (Å²) in [6.07, 6.45) is -3.60. The highest BCUT2D eigenvalue weighted by Crippen LogP contribution is 2.42. The number of aromatic nitrogens is 1. The molecule has 6 nitrogen and oxygen atoms in total. The maximum atomic E-state index is 15.7. The van der Waals surface area contributed by atoms with Gasteiger partial charge in [0.15, 0.2) is 0 Å². The summed E-state index contributed by atoms with van der Waals surface area (Å²) in [6, 6.07) is 10.6. The van der Waals surface area contributed by atoms with E-state index in [2.05, 4.69) is 9.88 Å². The molecule has 0 aliphatic carbocycles. The third-order valence-corrected chi connectivity index (χ3v) is 8.87. The van der Waals surface area contributed by atoms with Crippen LogP contribution in [0.1, 0.15) is 43.0 Å². The Kier molecular flexibility index (Phi) is 9.81. The van der Waals surface area contributed by atoms with Crippen molar-refractivity contribution in [3.8, 4) is 5.75 Å². The van der Waals surface area contributed by atoms with Gasteiger partial charge in [-0.25, -0.2) is 9.87 Å². The second-order valence-corrected chi connectivity index (χ2v) is 11.4. The number of carbonyl (C=O) groups is 1. The van der Waals surface area contributed by atoms with Gasteiger partial charge >= 0.3 is 6.18 Å². The molecule has 1 aliphatic rings. The van der Waals surface area contributed by atoms with Crippen molar-refractivity contribution >= 4 is 40.2 Å². The number of hydrogen-bond acceptors (Lipinski definition) is 6. The molecule has 40 heavy (non-hydrogen) atoms. The number of hydroxylamine groups is 1. The fourth-order valence-electron chi connectivity index (χ4n) is 5.19. The predicted octanol–water partition coefficient (Wildman–Crippen LogP) is 7.09. The van der Waals surface area contributed by atoms with Gasteiger partial charge in [0.1, 0.15) is 11.9 Å². The molecule has 2 N–H and O–H groups in total. The van der Waals surface area contributed by atoms with Crippen LogP contribution in [0, 0.1) is 5.41 Å². The Morgan fingerprint density at radius 1 is 1.25 bits per heavy atom. The fourth-order valence-corrected chi connectivity index (χ4v) is 6.54. The van der Waals surface area contributed by atoms with Gasteiger partial charge in [0, 0.05) is 34.3 Å². The minimum atomic E-state index is -4.42. The van der Waals surface area contributed by atoms with E-state index in [1.165, 1.54) is 25.4 Å². The number of carbonyl (C=O) groups excluding carboxylic acids is 1. The Bertz CT molecular complexity index is 1340. The molecule has 0 unspecified atom stereocenters. The van der Waals surface area contributed by atoms with E-state index in [9.17, 15) is 23.2 Å². The van der Waals surface area contributed by atoms with Crippen molar-refractivity contribution in [2.24, 2.45) is 5.41 Å². The van der Waals surface area contributed by atoms with E-state index in [0.29, 0.717) is 54.9 Å². The second-order valence-electron chi connectivity index (χ2n) is 9.81. The van der Waals surface area contributed by atoms with Gasteiger partial charge in [0.2, 0.25) is 5.91 Å². The minimum absolute atomic E-state index is 0.00641. The number of amides is 1. The van der Waals surface area contributed by atoms with E-state index in [4.69, 9.17) is 16.3 Å². The second kappa shape index (κ2) is 12.9. The normalized spacial score (nSPS) is 16.6. The molecular formula is C28H30ClF4N3O3S. The van der Waals surface area contributed by atoms with Crippen LogP contribution in [0.4, 0.5) is 17.6 Å². The molecule has 2 aromatic carbocycles. The molecule has 2 heterocycles. The Hall–Kier alpha value is -2.60. The van der Waals surface area contributed by atoms with Crippen LogP contribution >= 0.6 is 23.4 Å². The molecule has 0 radical (unpaired) electrons. The molecule has 12 heteroatoms. The number of thioether (sulfide) groups is 1. The standard InChI is InChI=1S/C28H30ClF4N3O3S/c1-39-18-6-7-23-19(16-18)25(21(29)17-34-23)22(30)8-9-27(26(37)35-38)10-12-36(13-11-27)14-15-40-24-5-3-2-4-20(24)28(31,32)33/h2-7,16-17,22,38H,8-15H2,1H3,(H,35,37)/t22-/m1/s1. The molecule has 1 aliphatic heterocycles. The van der Waals surface area contributed by atoms with Crippen LogP contribution in [0.15, 0.2) is 53.6 Å². The topological polar surface area (TPSA) is 74.7 Å². The first-order valence-electron chi connectivity index (χ1n) is 12.8. The van der Waals surface area contributed by atoms with Crippen molar-refractivity contribution in [2.75, 3.05) is 32.5 Å². The van der Waals surface area contributed by atoms with E-state index in [-0.39, 0.29) is 28.3 Å². The van der Waals surface area contributed by atoms with E-state index >= 15 is 4.39 Å². The van der Waals surface area contributed by atoms with Gasteiger partial charge in [-0.15, -0.1) is 11.8 Å². The molecule has 1 aromatic heterocycles. The number of rotatable bonds is 10. The van der Waals surface area contributed by atoms with Crippen LogP contribution in [0.3, 0.4) is 0 Å². The number of nitrogens with one attached hydrogen (secondary N) is 1. The van der Waals surface area contributed by atoms with Gasteiger partial charge in [0.25, 0.3) is 0 Å². The number of halogens is 5. The van der Waals surface area contributed by atoms with Gasteiger partial charge in [-0.1, -0.05) is 23.7 Å². The molecule has 3 aromatic rings. The first-order valence-corrected chi connectivity index (χ1v) is 14.2. The zero-order valence-electron chi connectivity index (χ0n) is 21.8. The Labute approximate surface area is 239 Å². The van der Waals surface area contributed by atoms with Crippen LogP contribution in [-0.4, -0.2) is 53.5 Å². The van der Waals surface area contributed by atoms with Crippen LogP contribution in [0.25, 0.3) is 10.9 Å². The lowest BCUT2D eigenvalue weighted by molar-refractivity contribution is -0.143. The van der Waals surface area contributed by atoms with E-state index in [1.54, 1.807) is 29.7 Å². The number of pyridine rings is 1. The number of likely N-dealkylation sites (tertiary alicyclic amines) is 1. The summed E-state index contributed by atoms with van der Waals surface area (Å²) in [4.78, 5) is 19.3. The molecule has 1 saturated heterocycles. The summed E-state index contributed by atoms with van der Waals surface area (Å²) in [6.45, 7) is 1.50. The van der Waals surface area contributed by atoms with Gasteiger partial charge in [-0.05, 0) is 69.1 Å². The molecule has 216 valence electrons. The summed E-state index contributed by atoms with van der Waals surface area (Å²) in [5.41, 5.74) is 0.951. The van der Waals surface area contributed by atoms with Crippen LogP contribution in [0.5, 0.6) is 5.75 Å². The summed E-state index contributed by atoms with van der Waals surface area (Å²) < 4.78 is 60.8. The number of methoxy groups -OCH3 is 1. The van der Waals surface area contributed by atoms with E-state index < -0.39 is 29.2 Å². The van der Waals surface area contributed by atoms with Crippen molar-refractivity contribution in [2.45, 2.75) is 42.9 Å². The summed E-state index contributed by atoms with van der Waals surface area (Å²) in [5, 5.41) is 10.2. The number of nitrogens with zero attached hydrogens (tertiary/aromatic N) is 2. The Balaban J connectivity index is 1.39. The number of hydrogen-bond donors (Lipinski definition) is 2. The minimum Gasteiger partial charge on any atom is -0.497 e. The van der Waals surface area contributed by atoms with Gasteiger partial charge < -0.3 is 9.64 Å². The number of piperidine rings is 1. The third kappa shape index (κ3) is 6.82. The summed E-state index contributed by atoms with van der Waals surface area (Å²) in [7, 11) is 1.51. The molecule has 1 amide bonds. The Morgan fingerprint density at radius 2 is 1.98 bits per heavy atom. The molecule has 0 bridgehead atoms. The van der Waals surface area contributed by atoms with Gasteiger partial charge in [-0.3, -0.25) is 15.0 Å². The van der Waals surface area contributed by atoms with Crippen molar-refractivity contribution in [3.63, 3.8) is 0 Å². The number of fused-ring (bicyclic) bond motifs is 1. The highest BCUT2D eigenvalue weighted by atomic mass is 35.5. The fraction of sp³-hybridized carbons (Fsp3) is 0.429. The average Bonchev–Trinajstić information content (AvgIpc) is 2.95. The molecule has 0 saturated carbocycles. The summed E-state index contributed by atoms with van der Waals surface area (Å²) in [5.74, 6) is 0.407. The first-order chi connectivity index (χ1) is 19.1. The molecule has 1 fully saturated rings. The van der Waals surface area contributed by atoms with Gasteiger partial charge in [-0.2, -0.15) is 13.2 Å². The van der Waals surface area contributed by atoms with Crippen molar-refractivity contribution in [3.05, 3.63) is 64.8 Å². The zero-order valence-corrected chi connectivity index (χ0v) is 23.4. The molecular weight excluding hydrogens is 570 g/mol. The van der Waals surface area contributed by atoms with E-state index in [0.717, 1.165) is 17.8 Å². The zero-order chi connectivity index (χ0) is 28.9. The maximum Gasteiger partial charge on any atom is 0.417 e. The summed E-state index contributed by atoms with van der Waals surface area (Å²) >= 11 is 7.49. The lowest BCUT2D eigenvalue weighted by Crippen LogP contribution is -2.48. The van der Waals surface area contributed by atoms with Crippen molar-refractivity contribution < 1.29 is 32.3 Å². The molecule has 1 atom stereocenters. The Morgan fingerprint density at radius 3 is 2.65 bits per heavy atom. The number of benzene rings is 2. The highest BCUT2D eigenvalue weighted by molar-refractivity contribution is 7.99.